The van der Waals surface area contributed by atoms with Crippen LogP contribution in [0.25, 0.3) is 0 Å². The summed E-state index contributed by atoms with van der Waals surface area (Å²) in [5.74, 6) is -0.513. The Morgan fingerprint density at radius 3 is 2.37 bits per heavy atom. The van der Waals surface area contributed by atoms with Gasteiger partial charge in [0.25, 0.3) is 10.0 Å². The van der Waals surface area contributed by atoms with Crippen molar-refractivity contribution in [2.75, 3.05) is 10.5 Å². The summed E-state index contributed by atoms with van der Waals surface area (Å²) in [6.45, 7) is 0. The molecule has 0 fully saturated rings. The summed E-state index contributed by atoms with van der Waals surface area (Å²) in [6, 6.07) is 8.90. The van der Waals surface area contributed by atoms with E-state index in [2.05, 4.69) is 4.72 Å². The number of hydrogen-bond donors (Lipinski definition) is 2. The lowest BCUT2D eigenvalue weighted by Gasteiger charge is -2.10. The van der Waals surface area contributed by atoms with Crippen LogP contribution in [0.3, 0.4) is 0 Å². The lowest BCUT2D eigenvalue weighted by atomic mass is 10.3. The molecule has 0 aromatic heterocycles. The smallest absolute Gasteiger partial charge is 0.261 e. The van der Waals surface area contributed by atoms with E-state index in [0.29, 0.717) is 5.02 Å². The van der Waals surface area contributed by atoms with E-state index in [1.807, 2.05) is 0 Å². The summed E-state index contributed by atoms with van der Waals surface area (Å²) >= 11 is 5.77. The number of halogens is 2. The quantitative estimate of drug-likeness (QED) is 0.856. The first-order chi connectivity index (χ1) is 8.88. The summed E-state index contributed by atoms with van der Waals surface area (Å²) in [4.78, 5) is -0.0618. The Morgan fingerprint density at radius 1 is 1.11 bits per heavy atom. The van der Waals surface area contributed by atoms with E-state index in [1.54, 1.807) is 6.07 Å². The Morgan fingerprint density at radius 2 is 1.74 bits per heavy atom. The number of nitrogen functional groups attached to an aromatic ring is 1. The molecule has 2 aromatic carbocycles. The molecule has 0 radical (unpaired) electrons. The fourth-order valence-corrected chi connectivity index (χ4v) is 2.68. The van der Waals surface area contributed by atoms with Crippen molar-refractivity contribution in [2.45, 2.75) is 4.90 Å². The highest BCUT2D eigenvalue weighted by atomic mass is 35.5. The minimum Gasteiger partial charge on any atom is -0.397 e. The van der Waals surface area contributed by atoms with E-state index in [1.165, 1.54) is 24.3 Å². The minimum atomic E-state index is -3.82. The van der Waals surface area contributed by atoms with Gasteiger partial charge in [0.2, 0.25) is 0 Å². The molecular weight excluding hydrogens is 291 g/mol. The van der Waals surface area contributed by atoms with Crippen LogP contribution in [0, 0.1) is 5.82 Å². The van der Waals surface area contributed by atoms with Gasteiger partial charge in [-0.05, 0) is 42.5 Å². The van der Waals surface area contributed by atoms with Gasteiger partial charge in [-0.3, -0.25) is 4.72 Å². The van der Waals surface area contributed by atoms with Crippen LogP contribution in [0.4, 0.5) is 15.8 Å². The number of nitrogens with two attached hydrogens (primary N) is 1. The highest BCUT2D eigenvalue weighted by molar-refractivity contribution is 7.92. The molecule has 2 rings (SSSR count). The molecule has 2 aromatic rings. The van der Waals surface area contributed by atoms with Crippen molar-refractivity contribution in [1.82, 2.24) is 0 Å². The molecule has 0 bridgehead atoms. The van der Waals surface area contributed by atoms with Crippen molar-refractivity contribution >= 4 is 33.0 Å². The van der Waals surface area contributed by atoms with Crippen molar-refractivity contribution in [2.24, 2.45) is 0 Å². The van der Waals surface area contributed by atoms with Gasteiger partial charge in [-0.1, -0.05) is 11.6 Å². The van der Waals surface area contributed by atoms with E-state index in [-0.39, 0.29) is 16.3 Å². The van der Waals surface area contributed by atoms with Crippen LogP contribution in [0.5, 0.6) is 0 Å². The molecule has 0 aliphatic carbocycles. The summed E-state index contributed by atoms with van der Waals surface area (Å²) in [7, 11) is -3.82. The van der Waals surface area contributed by atoms with Crippen LogP contribution < -0.4 is 10.5 Å². The second-order valence-electron chi connectivity index (χ2n) is 3.79. The van der Waals surface area contributed by atoms with E-state index in [4.69, 9.17) is 17.3 Å². The molecule has 0 heterocycles. The molecular formula is C12H10ClFN2O2S. The van der Waals surface area contributed by atoms with E-state index >= 15 is 0 Å². The van der Waals surface area contributed by atoms with Gasteiger partial charge in [0.1, 0.15) is 5.82 Å². The molecule has 0 amide bonds. The van der Waals surface area contributed by atoms with Gasteiger partial charge in [-0.25, -0.2) is 12.8 Å². The first-order valence-corrected chi connectivity index (χ1v) is 7.08. The Bertz CT molecular complexity index is 702. The van der Waals surface area contributed by atoms with Crippen LogP contribution >= 0.6 is 11.6 Å². The van der Waals surface area contributed by atoms with Crippen LogP contribution in [-0.4, -0.2) is 8.42 Å². The highest BCUT2D eigenvalue weighted by Gasteiger charge is 2.15. The van der Waals surface area contributed by atoms with Gasteiger partial charge in [-0.2, -0.15) is 0 Å². The fraction of sp³-hybridized carbons (Fsp3) is 0. The van der Waals surface area contributed by atoms with Crippen molar-refractivity contribution in [1.29, 1.82) is 0 Å². The molecule has 100 valence electrons. The molecule has 0 saturated carbocycles. The Balaban J connectivity index is 2.36. The molecule has 19 heavy (non-hydrogen) atoms. The first-order valence-electron chi connectivity index (χ1n) is 5.22. The van der Waals surface area contributed by atoms with Crippen molar-refractivity contribution in [3.8, 4) is 0 Å². The maximum absolute atomic E-state index is 12.8. The Labute approximate surface area is 115 Å². The fourth-order valence-electron chi connectivity index (χ4n) is 1.43. The lowest BCUT2D eigenvalue weighted by molar-refractivity contribution is 0.599. The molecule has 0 aliphatic heterocycles. The molecule has 0 aliphatic rings. The number of benzene rings is 2. The average molecular weight is 301 g/mol. The Kier molecular flexibility index (Phi) is 3.64. The number of anilines is 2. The van der Waals surface area contributed by atoms with Crippen molar-refractivity contribution < 1.29 is 12.8 Å². The number of sulfonamides is 1. The maximum Gasteiger partial charge on any atom is 0.261 e. The summed E-state index contributed by atoms with van der Waals surface area (Å²) in [5, 5.41) is 0.353. The SMILES string of the molecule is Nc1ccc(Cl)cc1NS(=O)(=O)c1ccc(F)cc1. The van der Waals surface area contributed by atoms with Gasteiger partial charge in [-0.15, -0.1) is 0 Å². The number of rotatable bonds is 3. The molecule has 0 unspecified atom stereocenters. The third-order valence-electron chi connectivity index (χ3n) is 2.38. The molecule has 3 N–H and O–H groups in total. The summed E-state index contributed by atoms with van der Waals surface area (Å²) in [6.07, 6.45) is 0. The zero-order valence-electron chi connectivity index (χ0n) is 9.60. The molecule has 7 heteroatoms. The standard InChI is InChI=1S/C12H10ClFN2O2S/c13-8-1-6-11(15)12(7-8)16-19(17,18)10-4-2-9(14)3-5-10/h1-7,16H,15H2. The van der Waals surface area contributed by atoms with Crippen LogP contribution in [0.1, 0.15) is 0 Å². The lowest BCUT2D eigenvalue weighted by Crippen LogP contribution is -2.14. The topological polar surface area (TPSA) is 72.2 Å². The van der Waals surface area contributed by atoms with Gasteiger partial charge >= 0.3 is 0 Å². The second kappa shape index (κ2) is 5.07. The van der Waals surface area contributed by atoms with E-state index in [9.17, 15) is 12.8 Å². The molecule has 0 atom stereocenters. The molecule has 0 spiro atoms. The predicted molar refractivity (Wildman–Crippen MR) is 73.1 cm³/mol. The van der Waals surface area contributed by atoms with Gasteiger partial charge in [0, 0.05) is 5.02 Å². The van der Waals surface area contributed by atoms with Crippen molar-refractivity contribution in [3.63, 3.8) is 0 Å². The number of hydrogen-bond acceptors (Lipinski definition) is 3. The van der Waals surface area contributed by atoms with Crippen molar-refractivity contribution in [3.05, 3.63) is 53.3 Å². The largest absolute Gasteiger partial charge is 0.397 e. The van der Waals surface area contributed by atoms with Gasteiger partial charge in [0.05, 0.1) is 16.3 Å². The molecule has 0 saturated heterocycles. The number of nitrogens with one attached hydrogen (secondary N) is 1. The zero-order chi connectivity index (χ0) is 14.0. The third-order valence-corrected chi connectivity index (χ3v) is 4.00. The third kappa shape index (κ3) is 3.15. The Hall–Kier alpha value is -1.79. The van der Waals surface area contributed by atoms with Crippen LogP contribution in [0.15, 0.2) is 47.4 Å². The average Bonchev–Trinajstić information content (AvgIpc) is 2.34. The van der Waals surface area contributed by atoms with E-state index < -0.39 is 15.8 Å². The molecule has 4 nitrogen and oxygen atoms in total. The van der Waals surface area contributed by atoms with Crippen LogP contribution in [-0.2, 0) is 10.0 Å². The van der Waals surface area contributed by atoms with Gasteiger partial charge < -0.3 is 5.73 Å². The summed E-state index contributed by atoms with van der Waals surface area (Å²) < 4.78 is 39.2. The normalized spacial score (nSPS) is 11.3. The predicted octanol–water partition coefficient (Wildman–Crippen LogP) is 2.86. The maximum atomic E-state index is 12.8. The second-order valence-corrected chi connectivity index (χ2v) is 5.91. The minimum absolute atomic E-state index is 0.0618. The zero-order valence-corrected chi connectivity index (χ0v) is 11.2. The first kappa shape index (κ1) is 13.6. The van der Waals surface area contributed by atoms with Gasteiger partial charge in [0.15, 0.2) is 0 Å². The van der Waals surface area contributed by atoms with Crippen LogP contribution in [0.2, 0.25) is 5.02 Å². The van der Waals surface area contributed by atoms with E-state index in [0.717, 1.165) is 12.1 Å². The monoisotopic (exact) mass is 300 g/mol. The highest BCUT2D eigenvalue weighted by Crippen LogP contribution is 2.25. The summed E-state index contributed by atoms with van der Waals surface area (Å²) in [5.41, 5.74) is 6.08.